The van der Waals surface area contributed by atoms with Gasteiger partial charge in [0.2, 0.25) is 11.8 Å². The number of carbonyl (C=O) groups is 2. The van der Waals surface area contributed by atoms with Crippen LogP contribution in [0.1, 0.15) is 50.5 Å². The molecule has 2 amide bonds. The maximum atomic E-state index is 12.5. The van der Waals surface area contributed by atoms with E-state index in [2.05, 4.69) is 44.7 Å². The van der Waals surface area contributed by atoms with E-state index >= 15 is 0 Å². The Morgan fingerprint density at radius 2 is 1.97 bits per heavy atom. The molecule has 2 heterocycles. The Bertz CT molecular complexity index is 717. The van der Waals surface area contributed by atoms with Crippen LogP contribution >= 0.6 is 0 Å². The van der Waals surface area contributed by atoms with Crippen LogP contribution in [0.25, 0.3) is 0 Å². The minimum Gasteiger partial charge on any atom is -0.371 e. The molecule has 0 bridgehead atoms. The van der Waals surface area contributed by atoms with Crippen molar-refractivity contribution in [2.45, 2.75) is 63.5 Å². The standard InChI is InChI=1S/C23H34N4O2/c28-22(17-21-23(29)25-13-16-27(21)19-9-2-3-10-19)24-12-6-15-26-14-5-8-18-7-1-4-11-20(18)26/h1,4,7,11,19,21H,2-3,5-6,8-10,12-17H2,(H,24,28)(H,25,29)/t21-/m0/s1. The van der Waals surface area contributed by atoms with Gasteiger partial charge in [0.15, 0.2) is 0 Å². The Kier molecular flexibility index (Phi) is 6.70. The van der Waals surface area contributed by atoms with E-state index in [1.54, 1.807) is 0 Å². The van der Waals surface area contributed by atoms with Crippen molar-refractivity contribution in [3.63, 3.8) is 0 Å². The van der Waals surface area contributed by atoms with Crippen LogP contribution in [0, 0.1) is 0 Å². The average molecular weight is 399 g/mol. The zero-order chi connectivity index (χ0) is 20.1. The van der Waals surface area contributed by atoms with E-state index in [0.717, 1.165) is 45.3 Å². The van der Waals surface area contributed by atoms with Crippen LogP contribution < -0.4 is 15.5 Å². The van der Waals surface area contributed by atoms with Gasteiger partial charge in [-0.3, -0.25) is 14.5 Å². The molecule has 0 spiro atoms. The Labute approximate surface area is 174 Å². The summed E-state index contributed by atoms with van der Waals surface area (Å²) >= 11 is 0. The highest BCUT2D eigenvalue weighted by molar-refractivity contribution is 5.88. The zero-order valence-electron chi connectivity index (χ0n) is 17.4. The van der Waals surface area contributed by atoms with Crippen LogP contribution in [0.5, 0.6) is 0 Å². The Morgan fingerprint density at radius 1 is 1.14 bits per heavy atom. The van der Waals surface area contributed by atoms with Crippen LogP contribution in [0.15, 0.2) is 24.3 Å². The number of aryl methyl sites for hydroxylation is 1. The largest absolute Gasteiger partial charge is 0.371 e. The minimum atomic E-state index is -0.305. The smallest absolute Gasteiger partial charge is 0.237 e. The van der Waals surface area contributed by atoms with Crippen LogP contribution in [0.2, 0.25) is 0 Å². The summed E-state index contributed by atoms with van der Waals surface area (Å²) in [4.78, 5) is 29.7. The molecule has 0 radical (unpaired) electrons. The summed E-state index contributed by atoms with van der Waals surface area (Å²) in [7, 11) is 0. The summed E-state index contributed by atoms with van der Waals surface area (Å²) in [6, 6.07) is 8.79. The highest BCUT2D eigenvalue weighted by Gasteiger charge is 2.36. The van der Waals surface area contributed by atoms with Crippen molar-refractivity contribution in [1.82, 2.24) is 15.5 Å². The summed E-state index contributed by atoms with van der Waals surface area (Å²) in [6.07, 6.45) is 8.33. The van der Waals surface area contributed by atoms with E-state index < -0.39 is 0 Å². The van der Waals surface area contributed by atoms with Crippen molar-refractivity contribution in [1.29, 1.82) is 0 Å². The number of fused-ring (bicyclic) bond motifs is 1. The molecule has 1 atom stereocenters. The van der Waals surface area contributed by atoms with Gasteiger partial charge in [-0.1, -0.05) is 31.0 Å². The lowest BCUT2D eigenvalue weighted by atomic mass is 10.0. The molecule has 29 heavy (non-hydrogen) atoms. The molecule has 1 aromatic carbocycles. The molecule has 2 N–H and O–H groups in total. The molecule has 3 aliphatic rings. The maximum absolute atomic E-state index is 12.5. The molecule has 6 nitrogen and oxygen atoms in total. The highest BCUT2D eigenvalue weighted by atomic mass is 16.2. The first-order chi connectivity index (χ1) is 14.2. The van der Waals surface area contributed by atoms with E-state index in [1.165, 1.54) is 30.5 Å². The summed E-state index contributed by atoms with van der Waals surface area (Å²) in [5.41, 5.74) is 2.77. The lowest BCUT2D eigenvalue weighted by molar-refractivity contribution is -0.135. The van der Waals surface area contributed by atoms with Gasteiger partial charge in [-0.2, -0.15) is 0 Å². The molecular formula is C23H34N4O2. The topological polar surface area (TPSA) is 64.7 Å². The summed E-state index contributed by atoms with van der Waals surface area (Å²) < 4.78 is 0. The number of rotatable bonds is 7. The van der Waals surface area contributed by atoms with Gasteiger partial charge in [0.1, 0.15) is 0 Å². The van der Waals surface area contributed by atoms with Gasteiger partial charge in [0, 0.05) is 44.5 Å². The number of hydrogen-bond donors (Lipinski definition) is 2. The monoisotopic (exact) mass is 398 g/mol. The van der Waals surface area contributed by atoms with Gasteiger partial charge in [-0.05, 0) is 43.7 Å². The highest BCUT2D eigenvalue weighted by Crippen LogP contribution is 2.27. The fourth-order valence-electron chi connectivity index (χ4n) is 5.20. The van der Waals surface area contributed by atoms with Gasteiger partial charge in [-0.15, -0.1) is 0 Å². The third kappa shape index (κ3) is 4.92. The Morgan fingerprint density at radius 3 is 2.83 bits per heavy atom. The number of amides is 2. The summed E-state index contributed by atoms with van der Waals surface area (Å²) in [6.45, 7) is 4.27. The van der Waals surface area contributed by atoms with Crippen LogP contribution in [-0.4, -0.2) is 61.5 Å². The van der Waals surface area contributed by atoms with Crippen molar-refractivity contribution < 1.29 is 9.59 Å². The SMILES string of the molecule is O=C(C[C@H]1C(=O)NCCN1C1CCCC1)NCCCN1CCCc2ccccc21. The minimum absolute atomic E-state index is 0.00547. The number of hydrogen-bond acceptors (Lipinski definition) is 4. The van der Waals surface area contributed by atoms with Crippen molar-refractivity contribution in [2.75, 3.05) is 37.6 Å². The molecule has 6 heteroatoms. The van der Waals surface area contributed by atoms with Gasteiger partial charge in [-0.25, -0.2) is 0 Å². The molecule has 2 aliphatic heterocycles. The van der Waals surface area contributed by atoms with Gasteiger partial charge in [0.25, 0.3) is 0 Å². The summed E-state index contributed by atoms with van der Waals surface area (Å²) in [5.74, 6) is 0.0114. The number of benzene rings is 1. The molecule has 158 valence electrons. The normalized spacial score (nSPS) is 23.0. The number of anilines is 1. The second-order valence-corrected chi connectivity index (χ2v) is 8.61. The fourth-order valence-corrected chi connectivity index (χ4v) is 5.20. The average Bonchev–Trinajstić information content (AvgIpc) is 3.27. The second-order valence-electron chi connectivity index (χ2n) is 8.61. The molecule has 1 aliphatic carbocycles. The van der Waals surface area contributed by atoms with E-state index in [0.29, 0.717) is 19.1 Å². The summed E-state index contributed by atoms with van der Waals surface area (Å²) in [5, 5.41) is 6.00. The van der Waals surface area contributed by atoms with Crippen molar-refractivity contribution in [3.05, 3.63) is 29.8 Å². The molecule has 4 rings (SSSR count). The lowest BCUT2D eigenvalue weighted by Gasteiger charge is -2.38. The molecule has 2 fully saturated rings. The zero-order valence-corrected chi connectivity index (χ0v) is 17.4. The van der Waals surface area contributed by atoms with Gasteiger partial charge >= 0.3 is 0 Å². The quantitative estimate of drug-likeness (QED) is 0.691. The van der Waals surface area contributed by atoms with Crippen LogP contribution in [0.4, 0.5) is 5.69 Å². The molecular weight excluding hydrogens is 364 g/mol. The first-order valence-corrected chi connectivity index (χ1v) is 11.4. The number of nitrogens with one attached hydrogen (secondary N) is 2. The van der Waals surface area contributed by atoms with Gasteiger partial charge in [0.05, 0.1) is 12.5 Å². The van der Waals surface area contributed by atoms with Gasteiger partial charge < -0.3 is 15.5 Å². The maximum Gasteiger partial charge on any atom is 0.237 e. The fraction of sp³-hybridized carbons (Fsp3) is 0.652. The third-order valence-electron chi connectivity index (χ3n) is 6.68. The first kappa shape index (κ1) is 20.2. The molecule has 1 saturated heterocycles. The van der Waals surface area contributed by atoms with Crippen molar-refractivity contribution in [3.8, 4) is 0 Å². The Balaban J connectivity index is 1.23. The lowest BCUT2D eigenvalue weighted by Crippen LogP contribution is -2.59. The third-order valence-corrected chi connectivity index (χ3v) is 6.68. The van der Waals surface area contributed by atoms with Crippen molar-refractivity contribution in [2.24, 2.45) is 0 Å². The first-order valence-electron chi connectivity index (χ1n) is 11.4. The van der Waals surface area contributed by atoms with Crippen LogP contribution in [-0.2, 0) is 16.0 Å². The van der Waals surface area contributed by atoms with Crippen LogP contribution in [0.3, 0.4) is 0 Å². The van der Waals surface area contributed by atoms with E-state index in [1.807, 2.05) is 0 Å². The van der Waals surface area contributed by atoms with E-state index in [9.17, 15) is 9.59 Å². The second kappa shape index (κ2) is 9.61. The van der Waals surface area contributed by atoms with E-state index in [-0.39, 0.29) is 24.3 Å². The predicted molar refractivity (Wildman–Crippen MR) is 115 cm³/mol. The number of para-hydroxylation sites is 1. The number of carbonyl (C=O) groups excluding carboxylic acids is 2. The number of piperazine rings is 1. The molecule has 1 saturated carbocycles. The molecule has 1 aromatic rings. The number of nitrogens with zero attached hydrogens (tertiary/aromatic N) is 2. The van der Waals surface area contributed by atoms with E-state index in [4.69, 9.17) is 0 Å². The Hall–Kier alpha value is -2.08. The molecule has 0 aromatic heterocycles. The molecule has 0 unspecified atom stereocenters. The van der Waals surface area contributed by atoms with Crippen molar-refractivity contribution >= 4 is 17.5 Å². The predicted octanol–water partition coefficient (Wildman–Crippen LogP) is 2.08.